The van der Waals surface area contributed by atoms with Gasteiger partial charge in [0.1, 0.15) is 5.76 Å². The first-order valence-electron chi connectivity index (χ1n) is 4.95. The molecule has 1 atom stereocenters. The molecule has 1 heterocycles. The third kappa shape index (κ3) is 3.81. The van der Waals surface area contributed by atoms with Crippen molar-refractivity contribution in [3.63, 3.8) is 0 Å². The zero-order chi connectivity index (χ0) is 12.8. The summed E-state index contributed by atoms with van der Waals surface area (Å²) in [5, 5.41) is -0.0347. The van der Waals surface area contributed by atoms with Crippen molar-refractivity contribution in [2.75, 3.05) is 20.0 Å². The summed E-state index contributed by atoms with van der Waals surface area (Å²) in [5.74, 6) is 0.224. The van der Waals surface area contributed by atoms with E-state index in [-0.39, 0.29) is 22.7 Å². The lowest BCUT2D eigenvalue weighted by molar-refractivity contribution is -0.137. The molecule has 0 aromatic carbocycles. The standard InChI is InChI=1S/C11H14O5S/c1-7(17-6-10(12)14-2)8-4-5-9(16-8)11(13)15-3/h4-5,7H,6H2,1-3H3. The molecular weight excluding hydrogens is 244 g/mol. The second-order valence-electron chi connectivity index (χ2n) is 3.22. The summed E-state index contributed by atoms with van der Waals surface area (Å²) >= 11 is 1.37. The van der Waals surface area contributed by atoms with Crippen LogP contribution in [0.25, 0.3) is 0 Å². The molecule has 0 saturated carbocycles. The lowest BCUT2D eigenvalue weighted by atomic mass is 10.3. The number of carbonyl (C=O) groups is 2. The Bertz CT molecular complexity index is 398. The number of rotatable bonds is 5. The van der Waals surface area contributed by atoms with E-state index >= 15 is 0 Å². The Balaban J connectivity index is 2.57. The first-order valence-corrected chi connectivity index (χ1v) is 5.99. The Kier molecular flexibility index (Phi) is 5.09. The highest BCUT2D eigenvalue weighted by molar-refractivity contribution is 8.00. The number of furan rings is 1. The monoisotopic (exact) mass is 258 g/mol. The highest BCUT2D eigenvalue weighted by atomic mass is 32.2. The van der Waals surface area contributed by atoms with Gasteiger partial charge in [-0.05, 0) is 19.1 Å². The molecule has 6 heteroatoms. The maximum Gasteiger partial charge on any atom is 0.373 e. The molecule has 5 nitrogen and oxygen atoms in total. The van der Waals surface area contributed by atoms with Gasteiger partial charge in [-0.3, -0.25) is 4.79 Å². The van der Waals surface area contributed by atoms with Crippen LogP contribution in [-0.4, -0.2) is 31.9 Å². The molecule has 0 radical (unpaired) electrons. The Morgan fingerprint density at radius 1 is 1.35 bits per heavy atom. The summed E-state index contributed by atoms with van der Waals surface area (Å²) in [6.07, 6.45) is 0. The Morgan fingerprint density at radius 2 is 2.06 bits per heavy atom. The molecule has 1 unspecified atom stereocenters. The molecule has 0 saturated heterocycles. The summed E-state index contributed by atoms with van der Waals surface area (Å²) in [4.78, 5) is 22.1. The number of esters is 2. The van der Waals surface area contributed by atoms with Gasteiger partial charge in [-0.25, -0.2) is 4.79 Å². The molecule has 94 valence electrons. The SMILES string of the molecule is COC(=O)CSC(C)c1ccc(C(=O)OC)o1. The minimum atomic E-state index is -0.513. The molecule has 0 fully saturated rings. The Morgan fingerprint density at radius 3 is 2.65 bits per heavy atom. The van der Waals surface area contributed by atoms with E-state index in [9.17, 15) is 9.59 Å². The molecule has 1 rings (SSSR count). The average Bonchev–Trinajstić information content (AvgIpc) is 2.83. The van der Waals surface area contributed by atoms with Gasteiger partial charge < -0.3 is 13.9 Å². The summed E-state index contributed by atoms with van der Waals surface area (Å²) in [5.41, 5.74) is 0. The highest BCUT2D eigenvalue weighted by Crippen LogP contribution is 2.29. The molecular formula is C11H14O5S. The van der Waals surface area contributed by atoms with E-state index in [2.05, 4.69) is 9.47 Å². The maximum absolute atomic E-state index is 11.2. The largest absolute Gasteiger partial charge is 0.468 e. The number of hydrogen-bond donors (Lipinski definition) is 0. The average molecular weight is 258 g/mol. The van der Waals surface area contributed by atoms with E-state index < -0.39 is 5.97 Å². The third-order valence-electron chi connectivity index (χ3n) is 2.09. The smallest absolute Gasteiger partial charge is 0.373 e. The zero-order valence-corrected chi connectivity index (χ0v) is 10.7. The zero-order valence-electron chi connectivity index (χ0n) is 9.89. The van der Waals surface area contributed by atoms with Gasteiger partial charge in [0.2, 0.25) is 5.76 Å². The normalized spacial score (nSPS) is 11.9. The van der Waals surface area contributed by atoms with E-state index in [0.717, 1.165) is 0 Å². The van der Waals surface area contributed by atoms with Crippen molar-refractivity contribution in [1.29, 1.82) is 0 Å². The molecule has 0 aliphatic heterocycles. The van der Waals surface area contributed by atoms with Crippen molar-refractivity contribution >= 4 is 23.7 Å². The van der Waals surface area contributed by atoms with Crippen LogP contribution >= 0.6 is 11.8 Å². The van der Waals surface area contributed by atoms with Crippen LogP contribution in [0.15, 0.2) is 16.5 Å². The summed E-state index contributed by atoms with van der Waals surface area (Å²) < 4.78 is 14.4. The van der Waals surface area contributed by atoms with Gasteiger partial charge in [-0.15, -0.1) is 11.8 Å². The number of thioether (sulfide) groups is 1. The number of hydrogen-bond acceptors (Lipinski definition) is 6. The first-order chi connectivity index (χ1) is 8.08. The summed E-state index contributed by atoms with van der Waals surface area (Å²) in [6, 6.07) is 3.25. The molecule has 0 aliphatic carbocycles. The minimum Gasteiger partial charge on any atom is -0.468 e. The van der Waals surface area contributed by atoms with E-state index in [1.54, 1.807) is 12.1 Å². The van der Waals surface area contributed by atoms with Crippen molar-refractivity contribution in [2.24, 2.45) is 0 Å². The predicted octanol–water partition coefficient (Wildman–Crippen LogP) is 2.03. The minimum absolute atomic E-state index is 0.0347. The van der Waals surface area contributed by atoms with Gasteiger partial charge >= 0.3 is 11.9 Å². The number of carbonyl (C=O) groups excluding carboxylic acids is 2. The molecule has 0 N–H and O–H groups in total. The van der Waals surface area contributed by atoms with Crippen LogP contribution in [0.5, 0.6) is 0 Å². The quantitative estimate of drug-likeness (QED) is 0.753. The van der Waals surface area contributed by atoms with Gasteiger partial charge in [0.15, 0.2) is 0 Å². The first kappa shape index (κ1) is 13.6. The van der Waals surface area contributed by atoms with Crippen molar-refractivity contribution in [2.45, 2.75) is 12.2 Å². The van der Waals surface area contributed by atoms with Gasteiger partial charge in [-0.2, -0.15) is 0 Å². The fourth-order valence-electron chi connectivity index (χ4n) is 1.12. The highest BCUT2D eigenvalue weighted by Gasteiger charge is 2.16. The van der Waals surface area contributed by atoms with Crippen molar-refractivity contribution in [3.05, 3.63) is 23.7 Å². The second-order valence-corrected chi connectivity index (χ2v) is 4.55. The van der Waals surface area contributed by atoms with Gasteiger partial charge in [0.25, 0.3) is 0 Å². The van der Waals surface area contributed by atoms with Gasteiger partial charge in [-0.1, -0.05) is 0 Å². The van der Waals surface area contributed by atoms with Crippen LogP contribution in [0.2, 0.25) is 0 Å². The molecule has 0 aliphatic rings. The van der Waals surface area contributed by atoms with Crippen LogP contribution in [-0.2, 0) is 14.3 Å². The fourth-order valence-corrected chi connectivity index (χ4v) is 1.91. The lowest BCUT2D eigenvalue weighted by Crippen LogP contribution is -2.04. The van der Waals surface area contributed by atoms with Crippen molar-refractivity contribution in [3.8, 4) is 0 Å². The van der Waals surface area contributed by atoms with Crippen LogP contribution in [0.1, 0.15) is 28.5 Å². The number of ether oxygens (including phenoxy) is 2. The molecule has 0 bridgehead atoms. The topological polar surface area (TPSA) is 65.7 Å². The molecule has 1 aromatic heterocycles. The summed E-state index contributed by atoms with van der Waals surface area (Å²) in [6.45, 7) is 1.88. The third-order valence-corrected chi connectivity index (χ3v) is 3.23. The summed E-state index contributed by atoms with van der Waals surface area (Å²) in [7, 11) is 2.63. The molecule has 1 aromatic rings. The van der Waals surface area contributed by atoms with E-state index in [0.29, 0.717) is 5.76 Å². The van der Waals surface area contributed by atoms with E-state index in [4.69, 9.17) is 4.42 Å². The molecule has 17 heavy (non-hydrogen) atoms. The maximum atomic E-state index is 11.2. The van der Waals surface area contributed by atoms with Crippen LogP contribution in [0.4, 0.5) is 0 Å². The van der Waals surface area contributed by atoms with Gasteiger partial charge in [0, 0.05) is 0 Å². The van der Waals surface area contributed by atoms with Gasteiger partial charge in [0.05, 0.1) is 25.2 Å². The van der Waals surface area contributed by atoms with E-state index in [1.807, 2.05) is 6.92 Å². The Hall–Kier alpha value is -1.43. The molecule has 0 spiro atoms. The van der Waals surface area contributed by atoms with E-state index in [1.165, 1.54) is 26.0 Å². The fraction of sp³-hybridized carbons (Fsp3) is 0.455. The van der Waals surface area contributed by atoms with Crippen LogP contribution < -0.4 is 0 Å². The van der Waals surface area contributed by atoms with Crippen molar-refractivity contribution in [1.82, 2.24) is 0 Å². The number of methoxy groups -OCH3 is 2. The van der Waals surface area contributed by atoms with Crippen LogP contribution in [0, 0.1) is 0 Å². The molecule has 0 amide bonds. The lowest BCUT2D eigenvalue weighted by Gasteiger charge is -2.06. The second kappa shape index (κ2) is 6.34. The predicted molar refractivity (Wildman–Crippen MR) is 62.9 cm³/mol. The Labute approximate surface area is 103 Å². The van der Waals surface area contributed by atoms with Crippen LogP contribution in [0.3, 0.4) is 0 Å². The van der Waals surface area contributed by atoms with Crippen molar-refractivity contribution < 1.29 is 23.5 Å².